The fourth-order valence-corrected chi connectivity index (χ4v) is 2.12. The molecule has 0 radical (unpaired) electrons. The van der Waals surface area contributed by atoms with Crippen molar-refractivity contribution >= 4 is 6.29 Å². The Balaban J connectivity index is 1.95. The van der Waals surface area contributed by atoms with Crippen molar-refractivity contribution in [1.29, 1.82) is 0 Å². The van der Waals surface area contributed by atoms with Crippen molar-refractivity contribution in [2.75, 3.05) is 19.7 Å². The molecular weight excluding hydrogens is 166 g/mol. The zero-order valence-corrected chi connectivity index (χ0v) is 8.16. The van der Waals surface area contributed by atoms with Crippen LogP contribution >= 0.6 is 0 Å². The summed E-state index contributed by atoms with van der Waals surface area (Å²) in [5, 5.41) is 0. The van der Waals surface area contributed by atoms with E-state index in [1.807, 2.05) is 6.92 Å². The lowest BCUT2D eigenvalue weighted by atomic mass is 10.1. The number of nitrogens with zero attached hydrogens (tertiary/aromatic N) is 1. The van der Waals surface area contributed by atoms with Crippen LogP contribution in [0.2, 0.25) is 0 Å². The molecule has 0 aromatic carbocycles. The quantitative estimate of drug-likeness (QED) is 0.605. The molecule has 1 heterocycles. The number of rotatable bonds is 4. The van der Waals surface area contributed by atoms with E-state index in [1.54, 1.807) is 0 Å². The SMILES string of the molecule is CCOC1(C=O)CCN(C2CC2)C1. The van der Waals surface area contributed by atoms with Crippen molar-refractivity contribution < 1.29 is 9.53 Å². The van der Waals surface area contributed by atoms with Gasteiger partial charge in [-0.15, -0.1) is 0 Å². The van der Waals surface area contributed by atoms with E-state index in [1.165, 1.54) is 12.8 Å². The van der Waals surface area contributed by atoms with Crippen LogP contribution in [0.15, 0.2) is 0 Å². The number of hydrogen-bond donors (Lipinski definition) is 0. The first-order chi connectivity index (χ1) is 6.29. The van der Waals surface area contributed by atoms with Crippen molar-refractivity contribution in [3.05, 3.63) is 0 Å². The molecule has 1 aliphatic heterocycles. The van der Waals surface area contributed by atoms with Gasteiger partial charge < -0.3 is 9.53 Å². The normalized spacial score (nSPS) is 35.2. The van der Waals surface area contributed by atoms with Crippen molar-refractivity contribution in [1.82, 2.24) is 4.90 Å². The molecule has 0 aromatic rings. The van der Waals surface area contributed by atoms with Crippen LogP contribution in [0.25, 0.3) is 0 Å². The lowest BCUT2D eigenvalue weighted by molar-refractivity contribution is -0.129. The summed E-state index contributed by atoms with van der Waals surface area (Å²) in [7, 11) is 0. The third kappa shape index (κ3) is 1.76. The summed E-state index contributed by atoms with van der Waals surface area (Å²) >= 11 is 0. The second-order valence-electron chi connectivity index (χ2n) is 4.07. The van der Waals surface area contributed by atoms with Crippen LogP contribution in [-0.2, 0) is 9.53 Å². The minimum absolute atomic E-state index is 0.475. The predicted molar refractivity (Wildman–Crippen MR) is 49.6 cm³/mol. The summed E-state index contributed by atoms with van der Waals surface area (Å²) in [5.74, 6) is 0. The number of hydrogen-bond acceptors (Lipinski definition) is 3. The number of carbonyl (C=O) groups is 1. The molecule has 0 aromatic heterocycles. The van der Waals surface area contributed by atoms with Crippen molar-refractivity contribution in [3.8, 4) is 0 Å². The highest BCUT2D eigenvalue weighted by Crippen LogP contribution is 2.34. The average Bonchev–Trinajstić information content (AvgIpc) is 2.90. The van der Waals surface area contributed by atoms with E-state index >= 15 is 0 Å². The Morgan fingerprint density at radius 3 is 2.92 bits per heavy atom. The Labute approximate surface area is 79.0 Å². The molecule has 13 heavy (non-hydrogen) atoms. The Morgan fingerprint density at radius 1 is 1.62 bits per heavy atom. The van der Waals surface area contributed by atoms with Gasteiger partial charge in [0, 0.05) is 25.7 Å². The van der Waals surface area contributed by atoms with Crippen LogP contribution in [0.4, 0.5) is 0 Å². The molecule has 0 bridgehead atoms. The monoisotopic (exact) mass is 183 g/mol. The summed E-state index contributed by atoms with van der Waals surface area (Å²) < 4.78 is 5.54. The number of carbonyl (C=O) groups excluding carboxylic acids is 1. The van der Waals surface area contributed by atoms with Crippen LogP contribution < -0.4 is 0 Å². The highest BCUT2D eigenvalue weighted by atomic mass is 16.5. The Bertz CT molecular complexity index is 203. The molecule has 2 fully saturated rings. The van der Waals surface area contributed by atoms with E-state index in [4.69, 9.17) is 4.74 Å². The first-order valence-electron chi connectivity index (χ1n) is 5.14. The van der Waals surface area contributed by atoms with Crippen molar-refractivity contribution in [3.63, 3.8) is 0 Å². The highest BCUT2D eigenvalue weighted by molar-refractivity contribution is 5.63. The maximum Gasteiger partial charge on any atom is 0.153 e. The maximum atomic E-state index is 11.0. The molecule has 1 unspecified atom stereocenters. The molecule has 2 rings (SSSR count). The minimum atomic E-state index is -0.475. The van der Waals surface area contributed by atoms with Crippen LogP contribution in [0, 0.1) is 0 Å². The maximum absolute atomic E-state index is 11.0. The molecule has 1 saturated carbocycles. The van der Waals surface area contributed by atoms with Gasteiger partial charge in [0.25, 0.3) is 0 Å². The van der Waals surface area contributed by atoms with E-state index in [0.29, 0.717) is 6.61 Å². The molecule has 0 spiro atoms. The second kappa shape index (κ2) is 3.39. The van der Waals surface area contributed by atoms with Gasteiger partial charge in [-0.3, -0.25) is 4.90 Å². The summed E-state index contributed by atoms with van der Waals surface area (Å²) in [6, 6.07) is 0.752. The molecule has 0 N–H and O–H groups in total. The van der Waals surface area contributed by atoms with E-state index in [0.717, 1.165) is 31.8 Å². The van der Waals surface area contributed by atoms with Crippen LogP contribution in [0.5, 0.6) is 0 Å². The molecule has 1 saturated heterocycles. The molecule has 0 amide bonds. The Morgan fingerprint density at radius 2 is 2.38 bits per heavy atom. The fraction of sp³-hybridized carbons (Fsp3) is 0.900. The zero-order valence-electron chi connectivity index (χ0n) is 8.16. The molecule has 74 valence electrons. The average molecular weight is 183 g/mol. The third-order valence-corrected chi connectivity index (χ3v) is 3.00. The Hall–Kier alpha value is -0.410. The standard InChI is InChI=1S/C10H17NO2/c1-2-13-10(8-12)5-6-11(7-10)9-3-4-9/h8-9H,2-7H2,1H3. The van der Waals surface area contributed by atoms with Crippen LogP contribution in [0.1, 0.15) is 26.2 Å². The lowest BCUT2D eigenvalue weighted by Gasteiger charge is -2.22. The smallest absolute Gasteiger partial charge is 0.153 e. The van der Waals surface area contributed by atoms with E-state index < -0.39 is 5.60 Å². The Kier molecular flexibility index (Phi) is 2.39. The van der Waals surface area contributed by atoms with Gasteiger partial charge in [-0.1, -0.05) is 0 Å². The first kappa shape index (κ1) is 9.16. The minimum Gasteiger partial charge on any atom is -0.366 e. The molecule has 2 aliphatic rings. The summed E-state index contributed by atoms with van der Waals surface area (Å²) in [6.07, 6.45) is 4.49. The number of aldehydes is 1. The van der Waals surface area contributed by atoms with Gasteiger partial charge >= 0.3 is 0 Å². The number of likely N-dealkylation sites (tertiary alicyclic amines) is 1. The summed E-state index contributed by atoms with van der Waals surface area (Å²) in [4.78, 5) is 13.3. The molecule has 1 aliphatic carbocycles. The molecule has 3 nitrogen and oxygen atoms in total. The van der Waals surface area contributed by atoms with Crippen LogP contribution in [0.3, 0.4) is 0 Å². The molecule has 3 heteroatoms. The molecule has 1 atom stereocenters. The van der Waals surface area contributed by atoms with E-state index in [2.05, 4.69) is 4.90 Å². The van der Waals surface area contributed by atoms with E-state index in [-0.39, 0.29) is 0 Å². The molecular formula is C10H17NO2. The zero-order chi connectivity index (χ0) is 9.31. The van der Waals surface area contributed by atoms with Gasteiger partial charge in [0.05, 0.1) is 0 Å². The van der Waals surface area contributed by atoms with E-state index in [9.17, 15) is 4.79 Å². The van der Waals surface area contributed by atoms with Gasteiger partial charge in [-0.2, -0.15) is 0 Å². The van der Waals surface area contributed by atoms with Crippen molar-refractivity contribution in [2.24, 2.45) is 0 Å². The topological polar surface area (TPSA) is 29.5 Å². The van der Waals surface area contributed by atoms with Gasteiger partial charge in [-0.25, -0.2) is 0 Å². The van der Waals surface area contributed by atoms with Gasteiger partial charge in [0.1, 0.15) is 5.60 Å². The highest BCUT2D eigenvalue weighted by Gasteiger charge is 2.43. The lowest BCUT2D eigenvalue weighted by Crippen LogP contribution is -2.38. The number of ether oxygens (including phenoxy) is 1. The van der Waals surface area contributed by atoms with Gasteiger partial charge in [0.2, 0.25) is 0 Å². The van der Waals surface area contributed by atoms with Crippen molar-refractivity contribution in [2.45, 2.75) is 37.8 Å². The van der Waals surface area contributed by atoms with Crippen LogP contribution in [-0.4, -0.2) is 42.5 Å². The predicted octanol–water partition coefficient (Wildman–Crippen LogP) is 0.829. The fourth-order valence-electron chi connectivity index (χ4n) is 2.12. The first-order valence-corrected chi connectivity index (χ1v) is 5.14. The van der Waals surface area contributed by atoms with Gasteiger partial charge in [0.15, 0.2) is 6.29 Å². The second-order valence-corrected chi connectivity index (χ2v) is 4.07. The third-order valence-electron chi connectivity index (χ3n) is 3.00. The van der Waals surface area contributed by atoms with Gasteiger partial charge in [-0.05, 0) is 26.2 Å². The summed E-state index contributed by atoms with van der Waals surface area (Å²) in [5.41, 5.74) is -0.475. The summed E-state index contributed by atoms with van der Waals surface area (Å²) in [6.45, 7) is 4.43. The largest absolute Gasteiger partial charge is 0.366 e.